The summed E-state index contributed by atoms with van der Waals surface area (Å²) in [7, 11) is 0. The number of aromatic amines is 1. The first-order valence-electron chi connectivity index (χ1n) is 9.23. The van der Waals surface area contributed by atoms with Crippen molar-refractivity contribution < 1.29 is 4.79 Å². The number of aryl methyl sites for hydroxylation is 3. The van der Waals surface area contributed by atoms with Crippen LogP contribution in [-0.4, -0.2) is 25.4 Å². The van der Waals surface area contributed by atoms with Gasteiger partial charge in [0.2, 0.25) is 5.91 Å². The van der Waals surface area contributed by atoms with Gasteiger partial charge in [-0.05, 0) is 30.5 Å². The fraction of sp³-hybridized carbons (Fsp3) is 0.450. The van der Waals surface area contributed by atoms with Gasteiger partial charge >= 0.3 is 0 Å². The summed E-state index contributed by atoms with van der Waals surface area (Å²) >= 11 is 0. The predicted octanol–water partition coefficient (Wildman–Crippen LogP) is 3.53. The van der Waals surface area contributed by atoms with Crippen LogP contribution in [-0.2, 0) is 17.8 Å². The van der Waals surface area contributed by atoms with E-state index in [4.69, 9.17) is 0 Å². The molecule has 0 fully saturated rings. The zero-order chi connectivity index (χ0) is 18.7. The maximum atomic E-state index is 12.5. The third-order valence-electron chi connectivity index (χ3n) is 4.63. The van der Waals surface area contributed by atoms with Crippen molar-refractivity contribution in [3.8, 4) is 0 Å². The van der Waals surface area contributed by atoms with Gasteiger partial charge in [0.25, 0.3) is 0 Å². The lowest BCUT2D eigenvalue weighted by molar-refractivity contribution is -0.122. The van der Waals surface area contributed by atoms with Crippen LogP contribution < -0.4 is 5.32 Å². The smallest absolute Gasteiger partial charge is 0.222 e. The molecule has 0 unspecified atom stereocenters. The largest absolute Gasteiger partial charge is 0.346 e. The summed E-state index contributed by atoms with van der Waals surface area (Å²) in [5.74, 6) is 2.08. The van der Waals surface area contributed by atoms with E-state index < -0.39 is 0 Å². The van der Waals surface area contributed by atoms with Crippen molar-refractivity contribution in [3.05, 3.63) is 47.8 Å². The molecule has 0 aliphatic carbocycles. The normalized spacial score (nSPS) is 12.7. The molecule has 138 valence electrons. The molecule has 6 heteroatoms. The molecule has 0 bridgehead atoms. The number of carbonyl (C=O) groups excluding carboxylic acids is 1. The zero-order valence-electron chi connectivity index (χ0n) is 15.9. The Kier molecular flexibility index (Phi) is 5.40. The molecule has 2 aromatic heterocycles. The standard InChI is InChI=1S/C20H27N5O/c1-5-17-21-9-11-25(17)10-8-18(26)24-19(13(2)3)20-22-15-7-6-14(4)12-16(15)23-20/h6-7,9,11-13,19H,5,8,10H2,1-4H3,(H,22,23)(H,24,26)/t19-/m0/s1. The number of carbonyl (C=O) groups is 1. The van der Waals surface area contributed by atoms with Crippen LogP contribution in [0.25, 0.3) is 11.0 Å². The van der Waals surface area contributed by atoms with Crippen LogP contribution in [0.3, 0.4) is 0 Å². The summed E-state index contributed by atoms with van der Waals surface area (Å²) in [5, 5.41) is 3.14. The van der Waals surface area contributed by atoms with Crippen molar-refractivity contribution in [2.75, 3.05) is 0 Å². The van der Waals surface area contributed by atoms with Crippen molar-refractivity contribution >= 4 is 16.9 Å². The highest BCUT2D eigenvalue weighted by atomic mass is 16.1. The van der Waals surface area contributed by atoms with Gasteiger partial charge in [0, 0.05) is 31.8 Å². The van der Waals surface area contributed by atoms with E-state index in [1.807, 2.05) is 22.9 Å². The van der Waals surface area contributed by atoms with E-state index in [2.05, 4.69) is 54.0 Å². The van der Waals surface area contributed by atoms with Gasteiger partial charge in [-0.1, -0.05) is 26.8 Å². The first-order valence-corrected chi connectivity index (χ1v) is 9.23. The lowest BCUT2D eigenvalue weighted by Crippen LogP contribution is -2.33. The number of rotatable bonds is 7. The van der Waals surface area contributed by atoms with Gasteiger partial charge in [-0.25, -0.2) is 9.97 Å². The average molecular weight is 353 g/mol. The number of benzene rings is 1. The molecule has 0 saturated heterocycles. The molecule has 0 radical (unpaired) electrons. The Morgan fingerprint density at radius 2 is 2.15 bits per heavy atom. The third-order valence-corrected chi connectivity index (χ3v) is 4.63. The number of hydrogen-bond acceptors (Lipinski definition) is 3. The molecule has 2 N–H and O–H groups in total. The lowest BCUT2D eigenvalue weighted by atomic mass is 10.0. The lowest BCUT2D eigenvalue weighted by Gasteiger charge is -2.20. The summed E-state index contributed by atoms with van der Waals surface area (Å²) in [6, 6.07) is 6.00. The minimum atomic E-state index is -0.136. The molecular formula is C20H27N5O. The van der Waals surface area contributed by atoms with Crippen molar-refractivity contribution in [1.82, 2.24) is 24.8 Å². The average Bonchev–Trinajstić information content (AvgIpc) is 3.23. The van der Waals surface area contributed by atoms with E-state index in [1.165, 1.54) is 5.56 Å². The minimum Gasteiger partial charge on any atom is -0.346 e. The number of nitrogens with one attached hydrogen (secondary N) is 2. The number of hydrogen-bond donors (Lipinski definition) is 2. The van der Waals surface area contributed by atoms with Crippen molar-refractivity contribution in [2.45, 2.75) is 53.1 Å². The molecule has 3 rings (SSSR count). The maximum absolute atomic E-state index is 12.5. The minimum absolute atomic E-state index is 0.0242. The molecule has 0 aliphatic heterocycles. The molecule has 0 saturated carbocycles. The number of imidazole rings is 2. The molecule has 0 aliphatic rings. The van der Waals surface area contributed by atoms with Crippen LogP contribution in [0.1, 0.15) is 50.4 Å². The van der Waals surface area contributed by atoms with E-state index in [-0.39, 0.29) is 17.9 Å². The monoisotopic (exact) mass is 353 g/mol. The number of aromatic nitrogens is 4. The second-order valence-electron chi connectivity index (χ2n) is 7.07. The molecule has 1 amide bonds. The Labute approximate surface area is 154 Å². The fourth-order valence-electron chi connectivity index (χ4n) is 3.17. The van der Waals surface area contributed by atoms with E-state index >= 15 is 0 Å². The van der Waals surface area contributed by atoms with Crippen molar-refractivity contribution in [2.24, 2.45) is 5.92 Å². The first-order chi connectivity index (χ1) is 12.5. The Hall–Kier alpha value is -2.63. The van der Waals surface area contributed by atoms with E-state index in [0.29, 0.717) is 13.0 Å². The van der Waals surface area contributed by atoms with Gasteiger partial charge in [-0.2, -0.15) is 0 Å². The van der Waals surface area contributed by atoms with Gasteiger partial charge in [0.05, 0.1) is 17.1 Å². The summed E-state index contributed by atoms with van der Waals surface area (Å²) in [6.07, 6.45) is 4.99. The predicted molar refractivity (Wildman–Crippen MR) is 103 cm³/mol. The molecule has 3 aromatic rings. The van der Waals surface area contributed by atoms with Gasteiger partial charge in [0.1, 0.15) is 11.6 Å². The van der Waals surface area contributed by atoms with Crippen molar-refractivity contribution in [1.29, 1.82) is 0 Å². The number of fused-ring (bicyclic) bond motifs is 1. The molecule has 2 heterocycles. The first kappa shape index (κ1) is 18.2. The molecular weight excluding hydrogens is 326 g/mol. The molecule has 0 spiro atoms. The molecule has 26 heavy (non-hydrogen) atoms. The van der Waals surface area contributed by atoms with Crippen LogP contribution >= 0.6 is 0 Å². The second-order valence-corrected chi connectivity index (χ2v) is 7.07. The van der Waals surface area contributed by atoms with E-state index in [9.17, 15) is 4.79 Å². The van der Waals surface area contributed by atoms with Crippen LogP contribution in [0.5, 0.6) is 0 Å². The summed E-state index contributed by atoms with van der Waals surface area (Å²) < 4.78 is 2.04. The van der Waals surface area contributed by atoms with Gasteiger partial charge in [-0.3, -0.25) is 4.79 Å². The van der Waals surface area contributed by atoms with E-state index in [1.54, 1.807) is 6.20 Å². The molecule has 6 nitrogen and oxygen atoms in total. The maximum Gasteiger partial charge on any atom is 0.222 e. The Balaban J connectivity index is 1.70. The highest BCUT2D eigenvalue weighted by Crippen LogP contribution is 2.23. The Morgan fingerprint density at radius 3 is 2.88 bits per heavy atom. The van der Waals surface area contributed by atoms with Gasteiger partial charge < -0.3 is 14.9 Å². The molecule has 1 aromatic carbocycles. The summed E-state index contributed by atoms with van der Waals surface area (Å²) in [4.78, 5) is 24.9. The Bertz CT molecular complexity index is 893. The highest BCUT2D eigenvalue weighted by Gasteiger charge is 2.21. The van der Waals surface area contributed by atoms with Crippen LogP contribution in [0.4, 0.5) is 0 Å². The summed E-state index contributed by atoms with van der Waals surface area (Å²) in [5.41, 5.74) is 3.12. The topological polar surface area (TPSA) is 75.6 Å². The highest BCUT2D eigenvalue weighted by molar-refractivity contribution is 5.78. The van der Waals surface area contributed by atoms with Crippen LogP contribution in [0.2, 0.25) is 0 Å². The quantitative estimate of drug-likeness (QED) is 0.682. The van der Waals surface area contributed by atoms with Crippen LogP contribution in [0.15, 0.2) is 30.6 Å². The summed E-state index contributed by atoms with van der Waals surface area (Å²) in [6.45, 7) is 8.95. The number of H-pyrrole nitrogens is 1. The third kappa shape index (κ3) is 3.95. The van der Waals surface area contributed by atoms with E-state index in [0.717, 1.165) is 29.1 Å². The van der Waals surface area contributed by atoms with Gasteiger partial charge in [-0.15, -0.1) is 0 Å². The van der Waals surface area contributed by atoms with Gasteiger partial charge in [0.15, 0.2) is 0 Å². The number of nitrogens with zero attached hydrogens (tertiary/aromatic N) is 3. The fourth-order valence-corrected chi connectivity index (χ4v) is 3.17. The number of amides is 1. The van der Waals surface area contributed by atoms with Crippen LogP contribution in [0, 0.1) is 12.8 Å². The Morgan fingerprint density at radius 1 is 1.35 bits per heavy atom. The molecule has 1 atom stereocenters. The van der Waals surface area contributed by atoms with Crippen molar-refractivity contribution in [3.63, 3.8) is 0 Å². The SMILES string of the molecule is CCc1nccn1CCC(=O)N[C@H](c1nc2ccc(C)cc2[nH]1)C(C)C. The second kappa shape index (κ2) is 7.72. The zero-order valence-corrected chi connectivity index (χ0v) is 15.9.